The summed E-state index contributed by atoms with van der Waals surface area (Å²) < 4.78 is 19.0. The Labute approximate surface area is 185 Å². The van der Waals surface area contributed by atoms with E-state index in [0.29, 0.717) is 0 Å². The predicted octanol–water partition coefficient (Wildman–Crippen LogP) is 2.93. The lowest BCUT2D eigenvalue weighted by atomic mass is 10.0. The van der Waals surface area contributed by atoms with E-state index in [9.17, 15) is 18.8 Å². The first kappa shape index (κ1) is 22.9. The predicted molar refractivity (Wildman–Crippen MR) is 119 cm³/mol. The van der Waals surface area contributed by atoms with E-state index < -0.39 is 35.7 Å². The molecule has 0 spiro atoms. The largest absolute Gasteiger partial charge is 0.467 e. The molecule has 0 aromatic heterocycles. The number of hydrogen-bond donors (Lipinski definition) is 2. The molecule has 0 heterocycles. The van der Waals surface area contributed by atoms with Gasteiger partial charge >= 0.3 is 5.97 Å². The van der Waals surface area contributed by atoms with Gasteiger partial charge in [-0.3, -0.25) is 9.59 Å². The Balaban J connectivity index is 1.79. The first-order valence-corrected chi connectivity index (χ1v) is 10.2. The molecule has 0 saturated heterocycles. The molecule has 0 radical (unpaired) electrons. The maximum atomic E-state index is 14.1. The number of fused-ring (bicyclic) bond motifs is 1. The summed E-state index contributed by atoms with van der Waals surface area (Å²) in [6.45, 7) is 1.27. The van der Waals surface area contributed by atoms with E-state index in [1.165, 1.54) is 20.1 Å². The van der Waals surface area contributed by atoms with E-state index in [4.69, 9.17) is 4.74 Å². The second-order valence-electron chi connectivity index (χ2n) is 7.52. The van der Waals surface area contributed by atoms with Crippen molar-refractivity contribution < 1.29 is 23.5 Å². The van der Waals surface area contributed by atoms with Crippen LogP contribution in [0.5, 0.6) is 0 Å². The number of benzene rings is 3. The molecule has 0 aliphatic heterocycles. The van der Waals surface area contributed by atoms with E-state index in [2.05, 4.69) is 10.6 Å². The summed E-state index contributed by atoms with van der Waals surface area (Å²) in [7, 11) is 1.24. The summed E-state index contributed by atoms with van der Waals surface area (Å²) in [5.41, 5.74) is 1.12. The summed E-state index contributed by atoms with van der Waals surface area (Å²) >= 11 is 0. The molecule has 0 unspecified atom stereocenters. The highest BCUT2D eigenvalue weighted by Gasteiger charge is 2.28. The van der Waals surface area contributed by atoms with E-state index in [-0.39, 0.29) is 18.4 Å². The molecule has 0 aliphatic rings. The normalized spacial score (nSPS) is 12.6. The smallest absolute Gasteiger partial charge is 0.328 e. The molecule has 3 rings (SSSR count). The van der Waals surface area contributed by atoms with E-state index in [0.717, 1.165) is 16.3 Å². The highest BCUT2D eigenvalue weighted by molar-refractivity contribution is 5.91. The third-order valence-electron chi connectivity index (χ3n) is 5.13. The second-order valence-corrected chi connectivity index (χ2v) is 7.52. The third kappa shape index (κ3) is 5.91. The molecular weight excluding hydrogens is 411 g/mol. The molecular formula is C25H25FN2O4. The van der Waals surface area contributed by atoms with Crippen LogP contribution in [0.3, 0.4) is 0 Å². The Morgan fingerprint density at radius 2 is 1.56 bits per heavy atom. The zero-order valence-electron chi connectivity index (χ0n) is 17.9. The summed E-state index contributed by atoms with van der Waals surface area (Å²) in [5, 5.41) is 7.27. The summed E-state index contributed by atoms with van der Waals surface area (Å²) in [5.74, 6) is -2.12. The van der Waals surface area contributed by atoms with Gasteiger partial charge in [0.25, 0.3) is 0 Å². The lowest BCUT2D eigenvalue weighted by Crippen LogP contribution is -2.53. The molecule has 2 atom stereocenters. The van der Waals surface area contributed by atoms with Gasteiger partial charge in [-0.1, -0.05) is 60.7 Å². The zero-order valence-corrected chi connectivity index (χ0v) is 17.9. The standard InChI is InChI=1S/C25H25FN2O4/c1-16(29)27-22(15-20-9-5-6-10-21(20)26)24(30)28-23(25(31)32-2)14-17-11-12-18-7-3-4-8-19(18)13-17/h3-13,22-23H,14-15H2,1-2H3,(H,27,29)(H,28,30)/t22-,23-/m0/s1. The Morgan fingerprint density at radius 3 is 2.25 bits per heavy atom. The Bertz CT molecular complexity index is 1130. The van der Waals surface area contributed by atoms with Crippen LogP contribution in [0.2, 0.25) is 0 Å². The van der Waals surface area contributed by atoms with Crippen LogP contribution in [-0.2, 0) is 32.0 Å². The molecule has 0 saturated carbocycles. The first-order valence-electron chi connectivity index (χ1n) is 10.2. The van der Waals surface area contributed by atoms with Crippen molar-refractivity contribution in [2.75, 3.05) is 7.11 Å². The van der Waals surface area contributed by atoms with Crippen molar-refractivity contribution in [2.24, 2.45) is 0 Å². The van der Waals surface area contributed by atoms with Gasteiger partial charge in [0.2, 0.25) is 11.8 Å². The van der Waals surface area contributed by atoms with Crippen LogP contribution in [0.1, 0.15) is 18.1 Å². The summed E-state index contributed by atoms with van der Waals surface area (Å²) in [6, 6.07) is 17.6. The first-order chi connectivity index (χ1) is 15.4. The summed E-state index contributed by atoms with van der Waals surface area (Å²) in [6.07, 6.45) is 0.150. The van der Waals surface area contributed by atoms with Crippen molar-refractivity contribution in [2.45, 2.75) is 31.8 Å². The van der Waals surface area contributed by atoms with Crippen molar-refractivity contribution >= 4 is 28.6 Å². The molecule has 0 aliphatic carbocycles. The van der Waals surface area contributed by atoms with Crippen molar-refractivity contribution in [3.63, 3.8) is 0 Å². The van der Waals surface area contributed by atoms with Crippen molar-refractivity contribution in [3.8, 4) is 0 Å². The monoisotopic (exact) mass is 436 g/mol. The number of methoxy groups -OCH3 is 1. The van der Waals surface area contributed by atoms with Gasteiger partial charge < -0.3 is 15.4 Å². The number of rotatable bonds is 8. The van der Waals surface area contributed by atoms with Gasteiger partial charge in [-0.2, -0.15) is 0 Å². The van der Waals surface area contributed by atoms with E-state index >= 15 is 0 Å². The maximum absolute atomic E-state index is 14.1. The van der Waals surface area contributed by atoms with Gasteiger partial charge in [0, 0.05) is 19.8 Å². The van der Waals surface area contributed by atoms with Crippen LogP contribution in [0.4, 0.5) is 4.39 Å². The molecule has 2 amide bonds. The number of esters is 1. The Hall–Kier alpha value is -3.74. The van der Waals surface area contributed by atoms with Crippen LogP contribution < -0.4 is 10.6 Å². The van der Waals surface area contributed by atoms with Crippen LogP contribution >= 0.6 is 0 Å². The number of hydrogen-bond acceptors (Lipinski definition) is 4. The second kappa shape index (κ2) is 10.5. The van der Waals surface area contributed by atoms with Gasteiger partial charge in [-0.25, -0.2) is 9.18 Å². The van der Waals surface area contributed by atoms with Crippen LogP contribution in [-0.4, -0.2) is 37.0 Å². The topological polar surface area (TPSA) is 84.5 Å². The maximum Gasteiger partial charge on any atom is 0.328 e. The quantitative estimate of drug-likeness (QED) is 0.532. The zero-order chi connectivity index (χ0) is 23.1. The number of amides is 2. The highest BCUT2D eigenvalue weighted by atomic mass is 19.1. The lowest BCUT2D eigenvalue weighted by Gasteiger charge is -2.22. The molecule has 2 N–H and O–H groups in total. The molecule has 3 aromatic rings. The fourth-order valence-corrected chi connectivity index (χ4v) is 3.55. The molecule has 32 heavy (non-hydrogen) atoms. The van der Waals surface area contributed by atoms with Crippen molar-refractivity contribution in [1.82, 2.24) is 10.6 Å². The van der Waals surface area contributed by atoms with Crippen LogP contribution in [0.25, 0.3) is 10.8 Å². The number of ether oxygens (including phenoxy) is 1. The molecule has 0 fully saturated rings. The number of carbonyl (C=O) groups is 3. The molecule has 3 aromatic carbocycles. The summed E-state index contributed by atoms with van der Waals surface area (Å²) in [4.78, 5) is 37.0. The lowest BCUT2D eigenvalue weighted by molar-refractivity contribution is -0.145. The molecule has 6 nitrogen and oxygen atoms in total. The number of nitrogens with one attached hydrogen (secondary N) is 2. The highest BCUT2D eigenvalue weighted by Crippen LogP contribution is 2.17. The fraction of sp³-hybridized carbons (Fsp3) is 0.240. The van der Waals surface area contributed by atoms with Crippen molar-refractivity contribution in [3.05, 3.63) is 83.7 Å². The minimum absolute atomic E-state index is 0.0536. The van der Waals surface area contributed by atoms with E-state index in [1.54, 1.807) is 18.2 Å². The molecule has 7 heteroatoms. The van der Waals surface area contributed by atoms with Gasteiger partial charge in [0.15, 0.2) is 0 Å². The molecule has 0 bridgehead atoms. The fourth-order valence-electron chi connectivity index (χ4n) is 3.55. The SMILES string of the molecule is COC(=O)[C@H](Cc1ccc2ccccc2c1)NC(=O)[C@H](Cc1ccccc1F)NC(C)=O. The van der Waals surface area contributed by atoms with E-state index in [1.807, 2.05) is 42.5 Å². The van der Waals surface area contributed by atoms with Crippen LogP contribution in [0, 0.1) is 5.82 Å². The van der Waals surface area contributed by atoms with Gasteiger partial charge in [0.05, 0.1) is 7.11 Å². The Morgan fingerprint density at radius 1 is 0.875 bits per heavy atom. The van der Waals surface area contributed by atoms with Gasteiger partial charge in [-0.05, 0) is 28.0 Å². The Kier molecular flexibility index (Phi) is 7.54. The third-order valence-corrected chi connectivity index (χ3v) is 5.13. The minimum Gasteiger partial charge on any atom is -0.467 e. The average molecular weight is 436 g/mol. The number of halogens is 1. The number of carbonyl (C=O) groups excluding carboxylic acids is 3. The average Bonchev–Trinajstić information content (AvgIpc) is 2.78. The van der Waals surface area contributed by atoms with Gasteiger partial charge in [0.1, 0.15) is 17.9 Å². The van der Waals surface area contributed by atoms with Gasteiger partial charge in [-0.15, -0.1) is 0 Å². The van der Waals surface area contributed by atoms with Crippen LogP contribution in [0.15, 0.2) is 66.7 Å². The molecule has 166 valence electrons. The minimum atomic E-state index is -1.05. The van der Waals surface area contributed by atoms with Crippen molar-refractivity contribution in [1.29, 1.82) is 0 Å².